The normalized spacial score (nSPS) is 22.9. The van der Waals surface area contributed by atoms with Crippen molar-refractivity contribution in [3.63, 3.8) is 0 Å². The van der Waals surface area contributed by atoms with Crippen molar-refractivity contribution in [3.05, 3.63) is 29.3 Å². The molecule has 1 aliphatic carbocycles. The van der Waals surface area contributed by atoms with Crippen LogP contribution >= 0.6 is 0 Å². The van der Waals surface area contributed by atoms with E-state index in [9.17, 15) is 5.26 Å². The van der Waals surface area contributed by atoms with Crippen molar-refractivity contribution >= 4 is 5.69 Å². The molecule has 0 aliphatic heterocycles. The fraction of sp³-hybridized carbons (Fsp3) is 0.611. The Kier molecular flexibility index (Phi) is 5.47. The summed E-state index contributed by atoms with van der Waals surface area (Å²) in [4.78, 5) is 0. The van der Waals surface area contributed by atoms with Gasteiger partial charge in [-0.2, -0.15) is 5.26 Å². The van der Waals surface area contributed by atoms with E-state index >= 15 is 0 Å². The molecule has 1 aromatic carbocycles. The second kappa shape index (κ2) is 7.33. The lowest BCUT2D eigenvalue weighted by Gasteiger charge is -2.19. The van der Waals surface area contributed by atoms with Gasteiger partial charge in [-0.3, -0.25) is 0 Å². The van der Waals surface area contributed by atoms with E-state index in [-0.39, 0.29) is 0 Å². The summed E-state index contributed by atoms with van der Waals surface area (Å²) in [6.45, 7) is 4.29. The second-order valence-electron chi connectivity index (χ2n) is 6.11. The van der Waals surface area contributed by atoms with Gasteiger partial charge >= 0.3 is 0 Å². The van der Waals surface area contributed by atoms with Gasteiger partial charge in [-0.15, -0.1) is 0 Å². The van der Waals surface area contributed by atoms with Crippen molar-refractivity contribution in [3.8, 4) is 6.07 Å². The molecule has 1 aromatic rings. The van der Waals surface area contributed by atoms with Crippen molar-refractivity contribution in [1.29, 1.82) is 5.26 Å². The van der Waals surface area contributed by atoms with E-state index in [1.54, 1.807) is 0 Å². The number of nitriles is 1. The van der Waals surface area contributed by atoms with Crippen LogP contribution in [0.15, 0.2) is 18.2 Å². The maximum atomic E-state index is 9.31. The summed E-state index contributed by atoms with van der Waals surface area (Å²) in [5.74, 6) is 0.916. The largest absolute Gasteiger partial charge is 0.381 e. The Morgan fingerprint density at radius 1 is 1.25 bits per heavy atom. The highest BCUT2D eigenvalue weighted by Crippen LogP contribution is 2.29. The van der Waals surface area contributed by atoms with Gasteiger partial charge < -0.3 is 5.32 Å². The molecule has 108 valence electrons. The van der Waals surface area contributed by atoms with Gasteiger partial charge in [-0.05, 0) is 43.7 Å². The first-order chi connectivity index (χ1) is 9.74. The van der Waals surface area contributed by atoms with Gasteiger partial charge in [0.15, 0.2) is 0 Å². The Hall–Kier alpha value is -1.49. The molecule has 0 heterocycles. The third-order valence-electron chi connectivity index (χ3n) is 4.53. The molecule has 0 spiro atoms. The van der Waals surface area contributed by atoms with Gasteiger partial charge in [0.1, 0.15) is 6.07 Å². The maximum Gasteiger partial charge on any atom is 0.102 e. The first kappa shape index (κ1) is 14.9. The number of benzene rings is 1. The molecule has 1 saturated carbocycles. The van der Waals surface area contributed by atoms with Crippen molar-refractivity contribution in [1.82, 2.24) is 0 Å². The molecule has 2 unspecified atom stereocenters. The highest BCUT2D eigenvalue weighted by molar-refractivity contribution is 5.61. The van der Waals surface area contributed by atoms with Crippen molar-refractivity contribution in [2.24, 2.45) is 5.92 Å². The van der Waals surface area contributed by atoms with Gasteiger partial charge in [0.25, 0.3) is 0 Å². The molecule has 0 amide bonds. The molecule has 0 radical (unpaired) electrons. The number of rotatable bonds is 4. The van der Waals surface area contributed by atoms with Crippen LogP contribution in [0.4, 0.5) is 5.69 Å². The summed E-state index contributed by atoms with van der Waals surface area (Å²) in [6.07, 6.45) is 9.18. The molecule has 20 heavy (non-hydrogen) atoms. The molecule has 1 aliphatic rings. The minimum absolute atomic E-state index is 0.533. The molecule has 2 heteroatoms. The van der Waals surface area contributed by atoms with E-state index in [4.69, 9.17) is 0 Å². The summed E-state index contributed by atoms with van der Waals surface area (Å²) in [7, 11) is 0. The summed E-state index contributed by atoms with van der Waals surface area (Å²) < 4.78 is 0. The lowest BCUT2D eigenvalue weighted by atomic mass is 9.95. The topological polar surface area (TPSA) is 35.8 Å². The van der Waals surface area contributed by atoms with Crippen molar-refractivity contribution in [2.45, 2.75) is 64.8 Å². The quantitative estimate of drug-likeness (QED) is 0.779. The molecule has 0 bridgehead atoms. The number of anilines is 1. The van der Waals surface area contributed by atoms with Crippen LogP contribution in [-0.2, 0) is 0 Å². The monoisotopic (exact) mass is 270 g/mol. The zero-order valence-corrected chi connectivity index (χ0v) is 12.8. The van der Waals surface area contributed by atoms with Crippen LogP contribution in [0.3, 0.4) is 0 Å². The second-order valence-corrected chi connectivity index (χ2v) is 6.11. The Labute approximate surface area is 123 Å². The molecule has 2 atom stereocenters. The Balaban J connectivity index is 2.00. The predicted molar refractivity (Wildman–Crippen MR) is 84.8 cm³/mol. The van der Waals surface area contributed by atoms with Crippen LogP contribution in [0.1, 0.15) is 63.0 Å². The summed E-state index contributed by atoms with van der Waals surface area (Å²) in [5.41, 5.74) is 2.89. The van der Waals surface area contributed by atoms with Crippen LogP contribution in [0.25, 0.3) is 0 Å². The first-order valence-electron chi connectivity index (χ1n) is 8.00. The Morgan fingerprint density at radius 3 is 2.85 bits per heavy atom. The molecule has 0 aromatic heterocycles. The smallest absolute Gasteiger partial charge is 0.102 e. The minimum Gasteiger partial charge on any atom is -0.381 e. The van der Waals surface area contributed by atoms with E-state index in [2.05, 4.69) is 18.3 Å². The van der Waals surface area contributed by atoms with Crippen LogP contribution in [-0.4, -0.2) is 6.04 Å². The summed E-state index contributed by atoms with van der Waals surface area (Å²) >= 11 is 0. The van der Waals surface area contributed by atoms with Crippen LogP contribution in [0, 0.1) is 24.2 Å². The van der Waals surface area contributed by atoms with E-state index in [1.807, 2.05) is 25.1 Å². The lowest BCUT2D eigenvalue weighted by molar-refractivity contribution is 0.422. The maximum absolute atomic E-state index is 9.31. The number of aryl methyl sites for hydroxylation is 1. The van der Waals surface area contributed by atoms with Crippen LogP contribution < -0.4 is 5.32 Å². The Bertz CT molecular complexity index is 473. The number of nitrogens with one attached hydrogen (secondary N) is 1. The summed E-state index contributed by atoms with van der Waals surface area (Å²) in [5, 5.41) is 12.9. The van der Waals surface area contributed by atoms with Gasteiger partial charge in [-0.25, -0.2) is 0 Å². The highest BCUT2D eigenvalue weighted by atomic mass is 14.9. The number of hydrogen-bond acceptors (Lipinski definition) is 2. The summed E-state index contributed by atoms with van der Waals surface area (Å²) in [6, 6.07) is 8.96. The Morgan fingerprint density at radius 2 is 2.10 bits per heavy atom. The van der Waals surface area contributed by atoms with Gasteiger partial charge in [0, 0.05) is 6.04 Å². The molecular weight excluding hydrogens is 244 g/mol. The SMILES string of the molecule is CCCC1CCCC(Nc2cccc(C)c2C#N)CC1. The van der Waals surface area contributed by atoms with Gasteiger partial charge in [-0.1, -0.05) is 44.7 Å². The average Bonchev–Trinajstić information content (AvgIpc) is 2.65. The van der Waals surface area contributed by atoms with Gasteiger partial charge in [0.2, 0.25) is 0 Å². The van der Waals surface area contributed by atoms with E-state index in [1.165, 1.54) is 44.9 Å². The molecule has 1 fully saturated rings. The van der Waals surface area contributed by atoms with Crippen molar-refractivity contribution < 1.29 is 0 Å². The molecular formula is C18H26N2. The fourth-order valence-electron chi connectivity index (χ4n) is 3.38. The van der Waals surface area contributed by atoms with Gasteiger partial charge in [0.05, 0.1) is 11.3 Å². The average molecular weight is 270 g/mol. The van der Waals surface area contributed by atoms with E-state index < -0.39 is 0 Å². The third kappa shape index (κ3) is 3.76. The minimum atomic E-state index is 0.533. The zero-order valence-electron chi connectivity index (χ0n) is 12.8. The number of hydrogen-bond donors (Lipinski definition) is 1. The first-order valence-corrected chi connectivity index (χ1v) is 8.00. The molecule has 2 rings (SSSR count). The molecule has 1 N–H and O–H groups in total. The molecule has 0 saturated heterocycles. The zero-order chi connectivity index (χ0) is 14.4. The molecule has 2 nitrogen and oxygen atoms in total. The van der Waals surface area contributed by atoms with E-state index in [0.717, 1.165) is 22.7 Å². The number of nitrogens with zero attached hydrogens (tertiary/aromatic N) is 1. The third-order valence-corrected chi connectivity index (χ3v) is 4.53. The lowest BCUT2D eigenvalue weighted by Crippen LogP contribution is -2.19. The van der Waals surface area contributed by atoms with E-state index in [0.29, 0.717) is 6.04 Å². The highest BCUT2D eigenvalue weighted by Gasteiger charge is 2.19. The standard InChI is InChI=1S/C18H26N2/c1-3-6-15-8-5-9-16(12-11-15)20-18-10-4-7-14(2)17(18)13-19/h4,7,10,15-16,20H,3,5-6,8-9,11-12H2,1-2H3. The fourth-order valence-corrected chi connectivity index (χ4v) is 3.38. The van der Waals surface area contributed by atoms with Crippen LogP contribution in [0.5, 0.6) is 0 Å². The predicted octanol–water partition coefficient (Wildman–Crippen LogP) is 5.03. The van der Waals surface area contributed by atoms with Crippen LogP contribution in [0.2, 0.25) is 0 Å². The van der Waals surface area contributed by atoms with Crippen molar-refractivity contribution in [2.75, 3.05) is 5.32 Å².